The Morgan fingerprint density at radius 3 is 3.25 bits per heavy atom. The van der Waals surface area contributed by atoms with E-state index in [1.807, 2.05) is 11.6 Å². The molecule has 16 heavy (non-hydrogen) atoms. The topological polar surface area (TPSA) is 53.4 Å². The lowest BCUT2D eigenvalue weighted by atomic mass is 9.94. The molecular weight excluding hydrogens is 224 g/mol. The van der Waals surface area contributed by atoms with Crippen LogP contribution in [0.2, 0.25) is 0 Å². The summed E-state index contributed by atoms with van der Waals surface area (Å²) in [5, 5.41) is 11.7. The molecule has 0 spiro atoms. The second kappa shape index (κ2) is 5.30. The van der Waals surface area contributed by atoms with Gasteiger partial charge in [0.05, 0.1) is 0 Å². The summed E-state index contributed by atoms with van der Waals surface area (Å²) in [6.07, 6.45) is 5.19. The maximum atomic E-state index is 10.5. The first-order valence-corrected chi connectivity index (χ1v) is 6.50. The quantitative estimate of drug-likeness (QED) is 0.876. The highest BCUT2D eigenvalue weighted by Gasteiger charge is 2.21. The maximum absolute atomic E-state index is 10.5. The van der Waals surface area contributed by atoms with Crippen LogP contribution in [0.4, 0.5) is 5.13 Å². The minimum absolute atomic E-state index is 0.288. The van der Waals surface area contributed by atoms with Gasteiger partial charge in [-0.15, -0.1) is 11.3 Å². The second-order valence-corrected chi connectivity index (χ2v) is 5.07. The summed E-state index contributed by atoms with van der Waals surface area (Å²) < 4.78 is 0. The van der Waals surface area contributed by atoms with Gasteiger partial charge < -0.3 is 10.0 Å². The molecule has 0 aliphatic carbocycles. The van der Waals surface area contributed by atoms with Crippen molar-refractivity contribution in [1.29, 1.82) is 0 Å². The van der Waals surface area contributed by atoms with E-state index >= 15 is 0 Å². The molecule has 2 heterocycles. The zero-order valence-electron chi connectivity index (χ0n) is 9.13. The number of piperidine rings is 1. The van der Waals surface area contributed by atoms with Gasteiger partial charge >= 0.3 is 5.97 Å². The first kappa shape index (κ1) is 11.4. The van der Waals surface area contributed by atoms with Crippen LogP contribution in [0.25, 0.3) is 0 Å². The van der Waals surface area contributed by atoms with Gasteiger partial charge in [0.15, 0.2) is 5.13 Å². The summed E-state index contributed by atoms with van der Waals surface area (Å²) in [4.78, 5) is 17.1. The molecule has 0 radical (unpaired) electrons. The van der Waals surface area contributed by atoms with Crippen LogP contribution in [0.3, 0.4) is 0 Å². The summed E-state index contributed by atoms with van der Waals surface area (Å²) in [5.41, 5.74) is 0. The molecule has 1 aliphatic rings. The number of thiazole rings is 1. The van der Waals surface area contributed by atoms with Crippen molar-refractivity contribution >= 4 is 22.4 Å². The van der Waals surface area contributed by atoms with Crippen molar-refractivity contribution in [2.24, 2.45) is 5.92 Å². The number of nitrogens with zero attached hydrogens (tertiary/aromatic N) is 2. The molecule has 1 unspecified atom stereocenters. The lowest BCUT2D eigenvalue weighted by Gasteiger charge is -2.32. The molecule has 0 saturated carbocycles. The Bertz CT molecular complexity index is 340. The number of carboxylic acids is 1. The SMILES string of the molecule is O=C(O)CCC1CCCN(c2nccs2)C1. The van der Waals surface area contributed by atoms with Gasteiger partial charge in [0.2, 0.25) is 0 Å². The van der Waals surface area contributed by atoms with Gasteiger partial charge in [-0.25, -0.2) is 4.98 Å². The van der Waals surface area contributed by atoms with Gasteiger partial charge in [-0.2, -0.15) is 0 Å². The number of carboxylic acid groups (broad SMARTS) is 1. The zero-order valence-corrected chi connectivity index (χ0v) is 9.95. The smallest absolute Gasteiger partial charge is 0.303 e. The van der Waals surface area contributed by atoms with E-state index in [0.717, 1.165) is 37.5 Å². The molecule has 1 atom stereocenters. The Labute approximate surface area is 98.9 Å². The average Bonchev–Trinajstić information content (AvgIpc) is 2.80. The first-order chi connectivity index (χ1) is 7.75. The molecule has 1 aromatic heterocycles. The molecule has 0 amide bonds. The first-order valence-electron chi connectivity index (χ1n) is 5.62. The number of aromatic nitrogens is 1. The van der Waals surface area contributed by atoms with Crippen molar-refractivity contribution in [1.82, 2.24) is 4.98 Å². The Morgan fingerprint density at radius 1 is 1.69 bits per heavy atom. The molecule has 2 rings (SSSR count). The summed E-state index contributed by atoms with van der Waals surface area (Å²) >= 11 is 1.65. The molecule has 88 valence electrons. The molecule has 1 saturated heterocycles. The third-order valence-electron chi connectivity index (χ3n) is 2.98. The minimum Gasteiger partial charge on any atom is -0.481 e. The van der Waals surface area contributed by atoms with E-state index in [0.29, 0.717) is 5.92 Å². The van der Waals surface area contributed by atoms with Gasteiger partial charge in [-0.1, -0.05) is 0 Å². The molecule has 0 aromatic carbocycles. The summed E-state index contributed by atoms with van der Waals surface area (Å²) in [6, 6.07) is 0. The lowest BCUT2D eigenvalue weighted by Crippen LogP contribution is -2.35. The van der Waals surface area contributed by atoms with Gasteiger partial charge in [0, 0.05) is 31.1 Å². The number of aliphatic carboxylic acids is 1. The Kier molecular flexibility index (Phi) is 3.77. The van der Waals surface area contributed by atoms with E-state index in [1.54, 1.807) is 11.3 Å². The molecular formula is C11H16N2O2S. The van der Waals surface area contributed by atoms with Crippen molar-refractivity contribution in [3.8, 4) is 0 Å². The number of hydrogen-bond donors (Lipinski definition) is 1. The van der Waals surface area contributed by atoms with Gasteiger partial charge in [-0.05, 0) is 25.2 Å². The largest absolute Gasteiger partial charge is 0.481 e. The zero-order chi connectivity index (χ0) is 11.4. The van der Waals surface area contributed by atoms with Crippen LogP contribution in [0.5, 0.6) is 0 Å². The van der Waals surface area contributed by atoms with Crippen LogP contribution in [0.1, 0.15) is 25.7 Å². The molecule has 5 heteroatoms. The van der Waals surface area contributed by atoms with Gasteiger partial charge in [0.1, 0.15) is 0 Å². The Balaban J connectivity index is 1.87. The standard InChI is InChI=1S/C11H16N2O2S/c14-10(15)4-3-9-2-1-6-13(8-9)11-12-5-7-16-11/h5,7,9H,1-4,6,8H2,(H,14,15). The van der Waals surface area contributed by atoms with E-state index in [1.165, 1.54) is 0 Å². The minimum atomic E-state index is -0.689. The van der Waals surface area contributed by atoms with E-state index in [4.69, 9.17) is 5.11 Å². The maximum Gasteiger partial charge on any atom is 0.303 e. The fourth-order valence-electron chi connectivity index (χ4n) is 2.17. The van der Waals surface area contributed by atoms with Crippen molar-refractivity contribution < 1.29 is 9.90 Å². The van der Waals surface area contributed by atoms with Gasteiger partial charge in [-0.3, -0.25) is 4.79 Å². The molecule has 1 N–H and O–H groups in total. The summed E-state index contributed by atoms with van der Waals surface area (Å²) in [6.45, 7) is 2.01. The van der Waals surface area contributed by atoms with E-state index in [-0.39, 0.29) is 6.42 Å². The Hall–Kier alpha value is -1.10. The average molecular weight is 240 g/mol. The predicted octanol–water partition coefficient (Wildman–Crippen LogP) is 2.22. The highest BCUT2D eigenvalue weighted by atomic mass is 32.1. The van der Waals surface area contributed by atoms with Crippen molar-refractivity contribution in [2.45, 2.75) is 25.7 Å². The molecule has 4 nitrogen and oxygen atoms in total. The van der Waals surface area contributed by atoms with E-state index in [9.17, 15) is 4.79 Å². The van der Waals surface area contributed by atoms with Crippen LogP contribution in [-0.4, -0.2) is 29.1 Å². The fourth-order valence-corrected chi connectivity index (χ4v) is 2.85. The molecule has 1 fully saturated rings. The van der Waals surface area contributed by atoms with Crippen LogP contribution in [0, 0.1) is 5.92 Å². The normalized spacial score (nSPS) is 21.0. The van der Waals surface area contributed by atoms with Crippen molar-refractivity contribution in [3.63, 3.8) is 0 Å². The third-order valence-corrected chi connectivity index (χ3v) is 3.81. The highest BCUT2D eigenvalue weighted by Crippen LogP contribution is 2.26. The molecule has 1 aliphatic heterocycles. The van der Waals surface area contributed by atoms with Gasteiger partial charge in [0.25, 0.3) is 0 Å². The molecule has 1 aromatic rings. The van der Waals surface area contributed by atoms with Crippen LogP contribution in [-0.2, 0) is 4.79 Å². The number of carbonyl (C=O) groups is 1. The summed E-state index contributed by atoms with van der Waals surface area (Å²) in [5.74, 6) is -0.180. The number of anilines is 1. The molecule has 0 bridgehead atoms. The third kappa shape index (κ3) is 2.95. The lowest BCUT2D eigenvalue weighted by molar-refractivity contribution is -0.137. The monoisotopic (exact) mass is 240 g/mol. The van der Waals surface area contributed by atoms with E-state index in [2.05, 4.69) is 9.88 Å². The Morgan fingerprint density at radius 2 is 2.56 bits per heavy atom. The fraction of sp³-hybridized carbons (Fsp3) is 0.636. The second-order valence-electron chi connectivity index (χ2n) is 4.20. The number of rotatable bonds is 4. The van der Waals surface area contributed by atoms with Crippen molar-refractivity contribution in [2.75, 3.05) is 18.0 Å². The highest BCUT2D eigenvalue weighted by molar-refractivity contribution is 7.13. The number of hydrogen-bond acceptors (Lipinski definition) is 4. The van der Waals surface area contributed by atoms with Crippen LogP contribution < -0.4 is 4.90 Å². The predicted molar refractivity (Wildman–Crippen MR) is 63.9 cm³/mol. The van der Waals surface area contributed by atoms with Crippen LogP contribution in [0.15, 0.2) is 11.6 Å². The van der Waals surface area contributed by atoms with E-state index < -0.39 is 5.97 Å². The van der Waals surface area contributed by atoms with Crippen LogP contribution >= 0.6 is 11.3 Å². The summed E-state index contributed by atoms with van der Waals surface area (Å²) in [7, 11) is 0. The van der Waals surface area contributed by atoms with Crippen molar-refractivity contribution in [3.05, 3.63) is 11.6 Å².